The second kappa shape index (κ2) is 6.26. The SMILES string of the molecule is N#Cc1ccc(-c2ccc3c(c2)nc2n3CCCN3CCCC3C2)cc1. The van der Waals surface area contributed by atoms with Gasteiger partial charge < -0.3 is 4.57 Å². The molecule has 2 aromatic carbocycles. The Balaban J connectivity index is 1.54. The normalized spacial score (nSPS) is 20.2. The zero-order valence-electron chi connectivity index (χ0n) is 14.9. The molecule has 2 aliphatic rings. The Kier molecular flexibility index (Phi) is 3.76. The van der Waals surface area contributed by atoms with E-state index >= 15 is 0 Å². The molecule has 1 fully saturated rings. The zero-order chi connectivity index (χ0) is 17.5. The molecule has 0 spiro atoms. The molecule has 0 aliphatic carbocycles. The molecule has 3 aromatic rings. The van der Waals surface area contributed by atoms with Crippen molar-refractivity contribution < 1.29 is 0 Å². The van der Waals surface area contributed by atoms with E-state index in [4.69, 9.17) is 10.2 Å². The zero-order valence-corrected chi connectivity index (χ0v) is 14.9. The Morgan fingerprint density at radius 3 is 2.62 bits per heavy atom. The highest BCUT2D eigenvalue weighted by molar-refractivity contribution is 5.82. The predicted molar refractivity (Wildman–Crippen MR) is 103 cm³/mol. The van der Waals surface area contributed by atoms with Gasteiger partial charge in [-0.3, -0.25) is 4.90 Å². The minimum Gasteiger partial charge on any atom is -0.328 e. The third-order valence-corrected chi connectivity index (χ3v) is 5.92. The minimum atomic E-state index is 0.670. The Hall–Kier alpha value is -2.64. The fourth-order valence-electron chi connectivity index (χ4n) is 4.57. The summed E-state index contributed by atoms with van der Waals surface area (Å²) >= 11 is 0. The third kappa shape index (κ3) is 2.60. The first kappa shape index (κ1) is 15.6. The van der Waals surface area contributed by atoms with Crippen LogP contribution in [0.3, 0.4) is 0 Å². The Bertz CT molecular complexity index is 993. The van der Waals surface area contributed by atoms with Crippen molar-refractivity contribution in [1.82, 2.24) is 14.5 Å². The van der Waals surface area contributed by atoms with Crippen molar-refractivity contribution in [3.8, 4) is 17.2 Å². The van der Waals surface area contributed by atoms with Gasteiger partial charge in [-0.15, -0.1) is 0 Å². The average Bonchev–Trinajstić information content (AvgIpc) is 3.24. The van der Waals surface area contributed by atoms with Gasteiger partial charge in [-0.25, -0.2) is 4.98 Å². The summed E-state index contributed by atoms with van der Waals surface area (Å²) in [5.74, 6) is 1.24. The van der Waals surface area contributed by atoms with E-state index in [1.165, 1.54) is 43.7 Å². The molecule has 4 nitrogen and oxygen atoms in total. The standard InChI is InChI=1S/C22H22N4/c23-15-16-4-6-17(7-5-16)18-8-9-21-20(13-18)24-22-14-19-3-1-10-25(19)11-2-12-26(21)22/h4-9,13,19H,1-3,10-12,14H2. The lowest BCUT2D eigenvalue weighted by molar-refractivity contribution is 0.231. The summed E-state index contributed by atoms with van der Waals surface area (Å²) in [6, 6.07) is 17.2. The van der Waals surface area contributed by atoms with Crippen molar-refractivity contribution in [2.24, 2.45) is 0 Å². The molecule has 5 rings (SSSR count). The molecule has 3 heterocycles. The van der Waals surface area contributed by atoms with E-state index in [1.807, 2.05) is 24.3 Å². The molecule has 1 aromatic heterocycles. The van der Waals surface area contributed by atoms with Gasteiger partial charge in [0.1, 0.15) is 5.82 Å². The maximum Gasteiger partial charge on any atom is 0.111 e. The molecule has 0 radical (unpaired) electrons. The van der Waals surface area contributed by atoms with E-state index < -0.39 is 0 Å². The molecular weight excluding hydrogens is 320 g/mol. The fraction of sp³-hybridized carbons (Fsp3) is 0.364. The number of aryl methyl sites for hydroxylation is 1. The summed E-state index contributed by atoms with van der Waals surface area (Å²) < 4.78 is 2.44. The molecule has 0 N–H and O–H groups in total. The maximum absolute atomic E-state index is 8.98. The van der Waals surface area contributed by atoms with Crippen LogP contribution in [0.4, 0.5) is 0 Å². The van der Waals surface area contributed by atoms with Crippen LogP contribution in [0.5, 0.6) is 0 Å². The van der Waals surface area contributed by atoms with Crippen LogP contribution in [0, 0.1) is 11.3 Å². The quantitative estimate of drug-likeness (QED) is 0.672. The van der Waals surface area contributed by atoms with Gasteiger partial charge in [0, 0.05) is 25.6 Å². The molecule has 1 unspecified atom stereocenters. The van der Waals surface area contributed by atoms with Crippen LogP contribution in [0.1, 0.15) is 30.7 Å². The molecule has 1 saturated heterocycles. The lowest BCUT2D eigenvalue weighted by atomic mass is 10.0. The number of hydrogen-bond donors (Lipinski definition) is 0. The topological polar surface area (TPSA) is 44.9 Å². The lowest BCUT2D eigenvalue weighted by Gasteiger charge is -2.27. The molecule has 2 aliphatic heterocycles. The molecule has 130 valence electrons. The number of hydrogen-bond acceptors (Lipinski definition) is 3. The lowest BCUT2D eigenvalue weighted by Crippen LogP contribution is -2.35. The third-order valence-electron chi connectivity index (χ3n) is 5.92. The van der Waals surface area contributed by atoms with Gasteiger partial charge in [0.25, 0.3) is 0 Å². The monoisotopic (exact) mass is 342 g/mol. The number of rotatable bonds is 1. The summed E-state index contributed by atoms with van der Waals surface area (Å²) in [6.45, 7) is 3.53. The van der Waals surface area contributed by atoms with Gasteiger partial charge in [0.05, 0.1) is 22.7 Å². The highest BCUT2D eigenvalue weighted by atomic mass is 15.2. The van der Waals surface area contributed by atoms with E-state index in [0.29, 0.717) is 11.6 Å². The van der Waals surface area contributed by atoms with Crippen LogP contribution in [-0.4, -0.2) is 33.6 Å². The van der Waals surface area contributed by atoms with Gasteiger partial charge in [-0.05, 0) is 61.2 Å². The van der Waals surface area contributed by atoms with E-state index in [9.17, 15) is 0 Å². The van der Waals surface area contributed by atoms with Crippen molar-refractivity contribution in [3.05, 3.63) is 53.9 Å². The molecular formula is C22H22N4. The molecule has 1 atom stereocenters. The summed E-state index contributed by atoms with van der Waals surface area (Å²) in [6.07, 6.45) is 4.90. The number of nitrogens with zero attached hydrogens (tertiary/aromatic N) is 4. The average molecular weight is 342 g/mol. The van der Waals surface area contributed by atoms with Crippen LogP contribution in [-0.2, 0) is 13.0 Å². The van der Waals surface area contributed by atoms with Gasteiger partial charge in [0.2, 0.25) is 0 Å². The van der Waals surface area contributed by atoms with Crippen molar-refractivity contribution >= 4 is 11.0 Å². The first-order chi connectivity index (χ1) is 12.8. The van der Waals surface area contributed by atoms with Gasteiger partial charge >= 0.3 is 0 Å². The van der Waals surface area contributed by atoms with E-state index in [0.717, 1.165) is 29.6 Å². The summed E-state index contributed by atoms with van der Waals surface area (Å²) in [7, 11) is 0. The van der Waals surface area contributed by atoms with Gasteiger partial charge in [-0.1, -0.05) is 18.2 Å². The van der Waals surface area contributed by atoms with Gasteiger partial charge in [0.15, 0.2) is 0 Å². The molecule has 0 saturated carbocycles. The van der Waals surface area contributed by atoms with Gasteiger partial charge in [-0.2, -0.15) is 5.26 Å². The first-order valence-corrected chi connectivity index (χ1v) is 9.55. The number of fused-ring (bicyclic) bond motifs is 4. The molecule has 4 heteroatoms. The molecule has 26 heavy (non-hydrogen) atoms. The number of imidazole rings is 1. The minimum absolute atomic E-state index is 0.670. The first-order valence-electron chi connectivity index (χ1n) is 9.55. The maximum atomic E-state index is 8.98. The van der Waals surface area contributed by atoms with Crippen molar-refractivity contribution in [2.75, 3.05) is 13.1 Å². The van der Waals surface area contributed by atoms with Crippen molar-refractivity contribution in [3.63, 3.8) is 0 Å². The van der Waals surface area contributed by atoms with Crippen molar-refractivity contribution in [1.29, 1.82) is 5.26 Å². The predicted octanol–water partition coefficient (Wildman–Crippen LogP) is 3.99. The fourth-order valence-corrected chi connectivity index (χ4v) is 4.57. The highest BCUT2D eigenvalue weighted by Gasteiger charge is 2.28. The Labute approximate surface area is 153 Å². The second-order valence-corrected chi connectivity index (χ2v) is 7.46. The number of aromatic nitrogens is 2. The van der Waals surface area contributed by atoms with E-state index in [-0.39, 0.29) is 0 Å². The van der Waals surface area contributed by atoms with Crippen LogP contribution < -0.4 is 0 Å². The smallest absolute Gasteiger partial charge is 0.111 e. The largest absolute Gasteiger partial charge is 0.328 e. The second-order valence-electron chi connectivity index (χ2n) is 7.46. The molecule has 0 amide bonds. The number of benzene rings is 2. The highest BCUT2D eigenvalue weighted by Crippen LogP contribution is 2.29. The van der Waals surface area contributed by atoms with E-state index in [1.54, 1.807) is 0 Å². The van der Waals surface area contributed by atoms with Crippen LogP contribution >= 0.6 is 0 Å². The van der Waals surface area contributed by atoms with Crippen LogP contribution in [0.15, 0.2) is 42.5 Å². The van der Waals surface area contributed by atoms with Crippen LogP contribution in [0.25, 0.3) is 22.2 Å². The number of nitriles is 1. The molecule has 0 bridgehead atoms. The van der Waals surface area contributed by atoms with E-state index in [2.05, 4.69) is 33.7 Å². The summed E-state index contributed by atoms with van der Waals surface area (Å²) in [5.41, 5.74) is 5.34. The van der Waals surface area contributed by atoms with Crippen molar-refractivity contribution in [2.45, 2.75) is 38.3 Å². The Morgan fingerprint density at radius 2 is 1.77 bits per heavy atom. The summed E-state index contributed by atoms with van der Waals surface area (Å²) in [5, 5.41) is 8.98. The van der Waals surface area contributed by atoms with Crippen LogP contribution in [0.2, 0.25) is 0 Å². The Morgan fingerprint density at radius 1 is 0.962 bits per heavy atom. The summed E-state index contributed by atoms with van der Waals surface area (Å²) in [4.78, 5) is 7.68.